The highest BCUT2D eigenvalue weighted by molar-refractivity contribution is 6.05. The Labute approximate surface area is 185 Å². The van der Waals surface area contributed by atoms with E-state index >= 15 is 0 Å². The first kappa shape index (κ1) is 20.2. The molecule has 2 aromatic rings. The van der Waals surface area contributed by atoms with Crippen LogP contribution >= 0.6 is 0 Å². The average molecular weight is 432 g/mol. The van der Waals surface area contributed by atoms with Gasteiger partial charge < -0.3 is 14.7 Å². The zero-order valence-electron chi connectivity index (χ0n) is 17.6. The van der Waals surface area contributed by atoms with Gasteiger partial charge in [0.15, 0.2) is 0 Å². The summed E-state index contributed by atoms with van der Waals surface area (Å²) in [6.45, 7) is 3.04. The molecule has 4 amide bonds. The van der Waals surface area contributed by atoms with Gasteiger partial charge in [-0.25, -0.2) is 0 Å². The molecular weight excluding hydrogens is 408 g/mol. The summed E-state index contributed by atoms with van der Waals surface area (Å²) in [7, 11) is 0. The number of benzene rings is 2. The van der Waals surface area contributed by atoms with Crippen molar-refractivity contribution in [1.29, 1.82) is 0 Å². The number of imide groups is 1. The SMILES string of the molecule is O=C1CCC(N2Cc3cc(N4CCN(C(=O)c5ccccc5)CC4)ccc3C2=O)C(=O)N1. The minimum Gasteiger partial charge on any atom is -0.368 e. The summed E-state index contributed by atoms with van der Waals surface area (Å²) in [6.07, 6.45) is 0.600. The van der Waals surface area contributed by atoms with Crippen LogP contribution in [0.25, 0.3) is 0 Å². The monoisotopic (exact) mass is 432 g/mol. The molecule has 2 aromatic carbocycles. The average Bonchev–Trinajstić information content (AvgIpc) is 3.15. The van der Waals surface area contributed by atoms with Crippen LogP contribution in [-0.4, -0.2) is 65.6 Å². The van der Waals surface area contributed by atoms with Gasteiger partial charge in [0.25, 0.3) is 11.8 Å². The number of anilines is 1. The highest BCUT2D eigenvalue weighted by Crippen LogP contribution is 2.31. The Morgan fingerprint density at radius 1 is 0.938 bits per heavy atom. The molecule has 0 aromatic heterocycles. The van der Waals surface area contributed by atoms with Crippen molar-refractivity contribution < 1.29 is 19.2 Å². The Morgan fingerprint density at radius 2 is 1.69 bits per heavy atom. The lowest BCUT2D eigenvalue weighted by atomic mass is 10.0. The smallest absolute Gasteiger partial charge is 0.255 e. The standard InChI is InChI=1S/C24H24N4O4/c29-21-9-8-20(22(30)25-21)28-15-17-14-18(6-7-19(17)24(28)32)26-10-12-27(13-11-26)23(31)16-4-2-1-3-5-16/h1-7,14,20H,8-13,15H2,(H,25,29,30). The minimum atomic E-state index is -0.608. The van der Waals surface area contributed by atoms with Crippen LogP contribution in [0.2, 0.25) is 0 Å². The quantitative estimate of drug-likeness (QED) is 0.741. The maximum Gasteiger partial charge on any atom is 0.255 e. The summed E-state index contributed by atoms with van der Waals surface area (Å²) in [6, 6.07) is 14.5. The van der Waals surface area contributed by atoms with Crippen molar-refractivity contribution >= 4 is 29.3 Å². The third-order valence-corrected chi connectivity index (χ3v) is 6.46. The normalized spacial score (nSPS) is 20.9. The molecule has 1 atom stereocenters. The molecule has 5 rings (SSSR count). The topological polar surface area (TPSA) is 90.0 Å². The summed E-state index contributed by atoms with van der Waals surface area (Å²) in [5.41, 5.74) is 3.20. The van der Waals surface area contributed by atoms with E-state index in [0.29, 0.717) is 50.3 Å². The summed E-state index contributed by atoms with van der Waals surface area (Å²) in [5.74, 6) is -0.812. The van der Waals surface area contributed by atoms with Gasteiger partial charge in [-0.15, -0.1) is 0 Å². The van der Waals surface area contributed by atoms with E-state index in [1.54, 1.807) is 4.90 Å². The highest BCUT2D eigenvalue weighted by atomic mass is 16.2. The van der Waals surface area contributed by atoms with E-state index < -0.39 is 11.9 Å². The summed E-state index contributed by atoms with van der Waals surface area (Å²) >= 11 is 0. The highest BCUT2D eigenvalue weighted by Gasteiger charge is 2.39. The molecule has 8 nitrogen and oxygen atoms in total. The summed E-state index contributed by atoms with van der Waals surface area (Å²) in [4.78, 5) is 54.8. The Balaban J connectivity index is 1.25. The van der Waals surface area contributed by atoms with Crippen LogP contribution in [0.15, 0.2) is 48.5 Å². The molecule has 2 saturated heterocycles. The van der Waals surface area contributed by atoms with Gasteiger partial charge in [-0.1, -0.05) is 18.2 Å². The van der Waals surface area contributed by atoms with Crippen molar-refractivity contribution in [1.82, 2.24) is 15.1 Å². The number of nitrogens with zero attached hydrogens (tertiary/aromatic N) is 3. The second-order valence-electron chi connectivity index (χ2n) is 8.39. The number of carbonyl (C=O) groups excluding carboxylic acids is 4. The van der Waals surface area contributed by atoms with Gasteiger partial charge in [-0.2, -0.15) is 0 Å². The Bertz CT molecular complexity index is 1090. The molecule has 3 aliphatic heterocycles. The number of piperidine rings is 1. The van der Waals surface area contributed by atoms with E-state index in [2.05, 4.69) is 10.2 Å². The lowest BCUT2D eigenvalue weighted by Gasteiger charge is -2.36. The third-order valence-electron chi connectivity index (χ3n) is 6.46. The molecule has 0 spiro atoms. The zero-order chi connectivity index (χ0) is 22.2. The summed E-state index contributed by atoms with van der Waals surface area (Å²) in [5, 5.41) is 2.33. The van der Waals surface area contributed by atoms with Gasteiger partial charge >= 0.3 is 0 Å². The van der Waals surface area contributed by atoms with Gasteiger partial charge in [0.05, 0.1) is 0 Å². The molecule has 3 aliphatic rings. The molecule has 0 radical (unpaired) electrons. The van der Waals surface area contributed by atoms with E-state index in [1.807, 2.05) is 53.4 Å². The number of fused-ring (bicyclic) bond motifs is 1. The third kappa shape index (κ3) is 3.62. The van der Waals surface area contributed by atoms with Crippen LogP contribution in [-0.2, 0) is 16.1 Å². The van der Waals surface area contributed by atoms with E-state index in [9.17, 15) is 19.2 Å². The molecule has 1 unspecified atom stereocenters. The molecule has 0 aliphatic carbocycles. The molecule has 8 heteroatoms. The van der Waals surface area contributed by atoms with Gasteiger partial charge in [0.1, 0.15) is 6.04 Å². The van der Waals surface area contributed by atoms with Crippen molar-refractivity contribution in [2.24, 2.45) is 0 Å². The second-order valence-corrected chi connectivity index (χ2v) is 8.39. The molecule has 2 fully saturated rings. The number of amides is 4. The molecule has 0 saturated carbocycles. The second kappa shape index (κ2) is 8.11. The lowest BCUT2D eigenvalue weighted by molar-refractivity contribution is -0.136. The Morgan fingerprint density at radius 3 is 2.41 bits per heavy atom. The molecule has 3 heterocycles. The maximum atomic E-state index is 12.9. The van der Waals surface area contributed by atoms with E-state index in [1.165, 1.54) is 0 Å². The van der Waals surface area contributed by atoms with Crippen LogP contribution < -0.4 is 10.2 Å². The Hall–Kier alpha value is -3.68. The van der Waals surface area contributed by atoms with Crippen molar-refractivity contribution in [2.75, 3.05) is 31.1 Å². The van der Waals surface area contributed by atoms with Crippen LogP contribution in [0.1, 0.15) is 39.1 Å². The van der Waals surface area contributed by atoms with Crippen molar-refractivity contribution in [2.45, 2.75) is 25.4 Å². The zero-order valence-corrected chi connectivity index (χ0v) is 17.6. The largest absolute Gasteiger partial charge is 0.368 e. The van der Waals surface area contributed by atoms with Crippen molar-refractivity contribution in [3.8, 4) is 0 Å². The van der Waals surface area contributed by atoms with Crippen LogP contribution in [0.3, 0.4) is 0 Å². The first-order valence-electron chi connectivity index (χ1n) is 10.9. The fourth-order valence-corrected chi connectivity index (χ4v) is 4.69. The van der Waals surface area contributed by atoms with Crippen LogP contribution in [0.4, 0.5) is 5.69 Å². The molecule has 1 N–H and O–H groups in total. The lowest BCUT2D eigenvalue weighted by Crippen LogP contribution is -2.52. The number of hydrogen-bond donors (Lipinski definition) is 1. The van der Waals surface area contributed by atoms with E-state index in [0.717, 1.165) is 11.3 Å². The first-order chi connectivity index (χ1) is 15.5. The van der Waals surface area contributed by atoms with E-state index in [4.69, 9.17) is 0 Å². The maximum absolute atomic E-state index is 12.9. The number of piperazine rings is 1. The van der Waals surface area contributed by atoms with Crippen LogP contribution in [0.5, 0.6) is 0 Å². The Kier molecular flexibility index (Phi) is 5.13. The number of rotatable bonds is 3. The van der Waals surface area contributed by atoms with Gasteiger partial charge in [-0.3, -0.25) is 24.5 Å². The fourth-order valence-electron chi connectivity index (χ4n) is 4.69. The van der Waals surface area contributed by atoms with Crippen molar-refractivity contribution in [3.05, 3.63) is 65.2 Å². The molecular formula is C24H24N4O4. The predicted octanol–water partition coefficient (Wildman–Crippen LogP) is 1.41. The van der Waals surface area contributed by atoms with E-state index in [-0.39, 0.29) is 24.1 Å². The number of hydrogen-bond acceptors (Lipinski definition) is 5. The number of nitrogens with one attached hydrogen (secondary N) is 1. The number of carbonyl (C=O) groups is 4. The molecule has 32 heavy (non-hydrogen) atoms. The van der Waals surface area contributed by atoms with Crippen LogP contribution in [0, 0.1) is 0 Å². The van der Waals surface area contributed by atoms with Gasteiger partial charge in [-0.05, 0) is 42.3 Å². The summed E-state index contributed by atoms with van der Waals surface area (Å²) < 4.78 is 0. The molecule has 0 bridgehead atoms. The first-order valence-corrected chi connectivity index (χ1v) is 10.9. The predicted molar refractivity (Wildman–Crippen MR) is 117 cm³/mol. The van der Waals surface area contributed by atoms with Gasteiger partial charge in [0.2, 0.25) is 11.8 Å². The fraction of sp³-hybridized carbons (Fsp3) is 0.333. The molecule has 164 valence electrons. The minimum absolute atomic E-state index is 0.0460. The van der Waals surface area contributed by atoms with Crippen molar-refractivity contribution in [3.63, 3.8) is 0 Å². The van der Waals surface area contributed by atoms with Gasteiger partial charge in [0, 0.05) is 56.0 Å².